The molecule has 0 radical (unpaired) electrons. The van der Waals surface area contributed by atoms with Crippen molar-refractivity contribution in [3.05, 3.63) is 0 Å². The fraction of sp³-hybridized carbons (Fsp3) is 0.714. The molecule has 1 fully saturated rings. The number of aliphatic carboxylic acids is 1. The van der Waals surface area contributed by atoms with E-state index in [2.05, 4.69) is 0 Å². The van der Waals surface area contributed by atoms with Gasteiger partial charge in [-0.2, -0.15) is 0 Å². The van der Waals surface area contributed by atoms with Crippen molar-refractivity contribution in [1.29, 1.82) is 0 Å². The van der Waals surface area contributed by atoms with E-state index in [1.54, 1.807) is 11.9 Å². The van der Waals surface area contributed by atoms with Crippen LogP contribution in [0.1, 0.15) is 12.8 Å². The largest absolute Gasteiger partial charge is 0.481 e. The molecule has 1 saturated heterocycles. The van der Waals surface area contributed by atoms with Crippen LogP contribution in [0.4, 0.5) is 0 Å². The van der Waals surface area contributed by atoms with Crippen molar-refractivity contribution in [3.8, 4) is 0 Å². The molecular weight excluding hydrogens is 146 g/mol. The summed E-state index contributed by atoms with van der Waals surface area (Å²) in [7, 11) is 1.69. The summed E-state index contributed by atoms with van der Waals surface area (Å²) in [5, 5.41) is 8.57. The molecule has 62 valence electrons. The number of hydrogen-bond donors (Lipinski definition) is 1. The van der Waals surface area contributed by atoms with Crippen LogP contribution >= 0.6 is 0 Å². The maximum absolute atomic E-state index is 11.0. The first-order chi connectivity index (χ1) is 5.11. The zero-order valence-electron chi connectivity index (χ0n) is 6.41. The second-order valence-electron chi connectivity index (χ2n) is 2.84. The first kappa shape index (κ1) is 8.04. The molecule has 1 rings (SSSR count). The highest BCUT2D eigenvalue weighted by atomic mass is 16.4. The Bertz CT molecular complexity index is 190. The van der Waals surface area contributed by atoms with Gasteiger partial charge in [-0.25, -0.2) is 0 Å². The number of rotatable bonds is 1. The number of amides is 1. The molecule has 0 aromatic carbocycles. The average Bonchev–Trinajstić information content (AvgIpc) is 1.94. The second kappa shape index (κ2) is 2.90. The van der Waals surface area contributed by atoms with Crippen LogP contribution in [0, 0.1) is 5.92 Å². The molecule has 1 unspecified atom stereocenters. The van der Waals surface area contributed by atoms with Crippen LogP contribution in [0.15, 0.2) is 0 Å². The molecule has 0 aliphatic carbocycles. The van der Waals surface area contributed by atoms with Crippen LogP contribution in [0.3, 0.4) is 0 Å². The second-order valence-corrected chi connectivity index (χ2v) is 2.84. The fourth-order valence-electron chi connectivity index (χ4n) is 1.15. The molecule has 4 heteroatoms. The Balaban J connectivity index is 2.53. The molecular formula is C7H11NO3. The highest BCUT2D eigenvalue weighted by molar-refractivity contribution is 5.83. The first-order valence-electron chi connectivity index (χ1n) is 3.58. The van der Waals surface area contributed by atoms with E-state index in [0.29, 0.717) is 13.0 Å². The van der Waals surface area contributed by atoms with Gasteiger partial charge in [-0.15, -0.1) is 0 Å². The third-order valence-corrected chi connectivity index (χ3v) is 2.01. The smallest absolute Gasteiger partial charge is 0.307 e. The number of likely N-dealkylation sites (tertiary alicyclic amines) is 1. The summed E-state index contributed by atoms with van der Waals surface area (Å²) in [4.78, 5) is 23.0. The van der Waals surface area contributed by atoms with Crippen LogP contribution < -0.4 is 0 Å². The van der Waals surface area contributed by atoms with Crippen molar-refractivity contribution < 1.29 is 14.7 Å². The molecule has 0 bridgehead atoms. The van der Waals surface area contributed by atoms with Crippen molar-refractivity contribution in [2.75, 3.05) is 13.6 Å². The summed E-state index contributed by atoms with van der Waals surface area (Å²) in [6, 6.07) is 0. The summed E-state index contributed by atoms with van der Waals surface area (Å²) < 4.78 is 0. The number of carbonyl (C=O) groups excluding carboxylic acids is 1. The minimum absolute atomic E-state index is 0.0661. The average molecular weight is 157 g/mol. The number of carboxylic acids is 1. The maximum Gasteiger partial charge on any atom is 0.307 e. The van der Waals surface area contributed by atoms with Crippen molar-refractivity contribution in [2.45, 2.75) is 12.8 Å². The molecule has 1 amide bonds. The van der Waals surface area contributed by atoms with E-state index in [-0.39, 0.29) is 12.3 Å². The summed E-state index contributed by atoms with van der Waals surface area (Å²) in [6.07, 6.45) is 0.739. The SMILES string of the molecule is CN1CCC(C(=O)O)CC1=O. The molecule has 0 saturated carbocycles. The molecule has 1 aliphatic heterocycles. The van der Waals surface area contributed by atoms with Gasteiger partial charge >= 0.3 is 5.97 Å². The van der Waals surface area contributed by atoms with Crippen LogP contribution in [0.5, 0.6) is 0 Å². The highest BCUT2D eigenvalue weighted by Crippen LogP contribution is 2.16. The highest BCUT2D eigenvalue weighted by Gasteiger charge is 2.27. The van der Waals surface area contributed by atoms with Gasteiger partial charge in [0.1, 0.15) is 0 Å². The Morgan fingerprint density at radius 3 is 2.82 bits per heavy atom. The van der Waals surface area contributed by atoms with Crippen molar-refractivity contribution >= 4 is 11.9 Å². The Hall–Kier alpha value is -1.06. The summed E-state index contributed by atoms with van der Waals surface area (Å²) in [5.41, 5.74) is 0. The lowest BCUT2D eigenvalue weighted by Crippen LogP contribution is -2.38. The van der Waals surface area contributed by atoms with Gasteiger partial charge < -0.3 is 10.0 Å². The molecule has 0 aromatic rings. The lowest BCUT2D eigenvalue weighted by molar-refractivity contribution is -0.148. The molecule has 4 nitrogen and oxygen atoms in total. The number of carbonyl (C=O) groups is 2. The van der Waals surface area contributed by atoms with Gasteiger partial charge in [0.15, 0.2) is 0 Å². The number of carboxylic acid groups (broad SMARTS) is 1. The van der Waals surface area contributed by atoms with Crippen molar-refractivity contribution in [1.82, 2.24) is 4.90 Å². The van der Waals surface area contributed by atoms with Gasteiger partial charge in [-0.3, -0.25) is 9.59 Å². The molecule has 1 heterocycles. The standard InChI is InChI=1S/C7H11NO3/c1-8-3-2-5(7(10)11)4-6(8)9/h5H,2-4H2,1H3,(H,10,11). The molecule has 0 aromatic heterocycles. The predicted octanol–water partition coefficient (Wildman–Crippen LogP) is -0.0606. The van der Waals surface area contributed by atoms with E-state index < -0.39 is 11.9 Å². The van der Waals surface area contributed by atoms with E-state index in [0.717, 1.165) is 0 Å². The summed E-state index contributed by atoms with van der Waals surface area (Å²) in [6.45, 7) is 0.565. The Labute approximate surface area is 64.8 Å². The van der Waals surface area contributed by atoms with Crippen molar-refractivity contribution in [3.63, 3.8) is 0 Å². The summed E-state index contributed by atoms with van der Waals surface area (Å²) in [5.74, 6) is -1.38. The minimum Gasteiger partial charge on any atom is -0.481 e. The van der Waals surface area contributed by atoms with Gasteiger partial charge in [0, 0.05) is 20.0 Å². The maximum atomic E-state index is 11.0. The molecule has 1 aliphatic rings. The van der Waals surface area contributed by atoms with Crippen LogP contribution in [0.2, 0.25) is 0 Å². The normalized spacial score (nSPS) is 25.4. The lowest BCUT2D eigenvalue weighted by Gasteiger charge is -2.25. The molecule has 0 spiro atoms. The Kier molecular flexibility index (Phi) is 2.12. The third kappa shape index (κ3) is 1.69. The third-order valence-electron chi connectivity index (χ3n) is 2.01. The number of hydrogen-bond acceptors (Lipinski definition) is 2. The van der Waals surface area contributed by atoms with Crippen LogP contribution in [0.25, 0.3) is 0 Å². The van der Waals surface area contributed by atoms with E-state index in [4.69, 9.17) is 5.11 Å². The van der Waals surface area contributed by atoms with Gasteiger partial charge in [-0.1, -0.05) is 0 Å². The van der Waals surface area contributed by atoms with E-state index in [1.165, 1.54) is 0 Å². The zero-order chi connectivity index (χ0) is 8.43. The fourth-order valence-corrected chi connectivity index (χ4v) is 1.15. The van der Waals surface area contributed by atoms with E-state index in [9.17, 15) is 9.59 Å². The van der Waals surface area contributed by atoms with Crippen molar-refractivity contribution in [2.24, 2.45) is 5.92 Å². The molecule has 1 atom stereocenters. The van der Waals surface area contributed by atoms with E-state index in [1.807, 2.05) is 0 Å². The zero-order valence-corrected chi connectivity index (χ0v) is 6.41. The monoisotopic (exact) mass is 157 g/mol. The van der Waals surface area contributed by atoms with Crippen LogP contribution in [-0.2, 0) is 9.59 Å². The van der Waals surface area contributed by atoms with Gasteiger partial charge in [-0.05, 0) is 6.42 Å². The Morgan fingerprint density at radius 1 is 1.73 bits per heavy atom. The summed E-state index contributed by atoms with van der Waals surface area (Å²) >= 11 is 0. The molecule has 1 N–H and O–H groups in total. The van der Waals surface area contributed by atoms with Gasteiger partial charge in [0.25, 0.3) is 0 Å². The van der Waals surface area contributed by atoms with Gasteiger partial charge in [0.2, 0.25) is 5.91 Å². The lowest BCUT2D eigenvalue weighted by atomic mass is 9.97. The predicted molar refractivity (Wildman–Crippen MR) is 38.0 cm³/mol. The number of nitrogens with zero attached hydrogens (tertiary/aromatic N) is 1. The topological polar surface area (TPSA) is 57.6 Å². The van der Waals surface area contributed by atoms with E-state index >= 15 is 0 Å². The van der Waals surface area contributed by atoms with Crippen LogP contribution in [-0.4, -0.2) is 35.5 Å². The van der Waals surface area contributed by atoms with Gasteiger partial charge in [0.05, 0.1) is 5.92 Å². The first-order valence-corrected chi connectivity index (χ1v) is 3.58. The minimum atomic E-state index is -0.855. The number of piperidine rings is 1. The quantitative estimate of drug-likeness (QED) is 0.580. The molecule has 11 heavy (non-hydrogen) atoms. The Morgan fingerprint density at radius 2 is 2.36 bits per heavy atom.